The third-order valence-corrected chi connectivity index (χ3v) is 12.5. The molecule has 4 aromatic carbocycles. The van der Waals surface area contributed by atoms with Gasteiger partial charge in [0.25, 0.3) is 0 Å². The number of alkyl carbamates (subject to hydrolysis) is 1. The monoisotopic (exact) mass is 850 g/mol. The topological polar surface area (TPSA) is 140 Å². The Hall–Kier alpha value is -6.60. The van der Waals surface area contributed by atoms with E-state index in [-0.39, 0.29) is 48.6 Å². The minimum atomic E-state index is -0.671. The highest BCUT2D eigenvalue weighted by Gasteiger charge is 2.38. The first-order chi connectivity index (χ1) is 30.7. The minimum Gasteiger partial charge on any atom is -0.453 e. The molecule has 63 heavy (non-hydrogen) atoms. The summed E-state index contributed by atoms with van der Waals surface area (Å²) in [6.45, 7) is 7.05. The molecular formula is C50H55FN8O4. The van der Waals surface area contributed by atoms with E-state index in [1.165, 1.54) is 13.2 Å². The van der Waals surface area contributed by atoms with Gasteiger partial charge < -0.3 is 29.8 Å². The first kappa shape index (κ1) is 43.1. The molecule has 6 aromatic rings. The van der Waals surface area contributed by atoms with Crippen molar-refractivity contribution in [3.8, 4) is 33.6 Å². The van der Waals surface area contributed by atoms with E-state index in [9.17, 15) is 18.8 Å². The van der Waals surface area contributed by atoms with Gasteiger partial charge in [-0.25, -0.2) is 19.2 Å². The average molecular weight is 851 g/mol. The normalized spacial score (nSPS) is 17.2. The number of hydrogen-bond acceptors (Lipinski definition) is 7. The van der Waals surface area contributed by atoms with Crippen LogP contribution in [-0.2, 0) is 20.7 Å². The number of carbonyl (C=O) groups excluding carboxylic acids is 3. The summed E-state index contributed by atoms with van der Waals surface area (Å²) in [5, 5.41) is 2.72. The quantitative estimate of drug-likeness (QED) is 0.0937. The molecule has 0 bridgehead atoms. The summed E-state index contributed by atoms with van der Waals surface area (Å²) in [7, 11) is 1.26. The van der Waals surface area contributed by atoms with Crippen molar-refractivity contribution in [3.63, 3.8) is 0 Å². The van der Waals surface area contributed by atoms with Gasteiger partial charge in [0.05, 0.1) is 43.0 Å². The smallest absolute Gasteiger partial charge is 0.407 e. The lowest BCUT2D eigenvalue weighted by Gasteiger charge is -2.34. The van der Waals surface area contributed by atoms with Gasteiger partial charge in [0.1, 0.15) is 23.5 Å². The molecule has 0 aliphatic carbocycles. The van der Waals surface area contributed by atoms with E-state index in [0.717, 1.165) is 83.8 Å². The highest BCUT2D eigenvalue weighted by Crippen LogP contribution is 2.37. The van der Waals surface area contributed by atoms with Gasteiger partial charge in [-0.3, -0.25) is 14.5 Å². The number of carbonyl (C=O) groups is 3. The molecule has 3 amide bonds. The van der Waals surface area contributed by atoms with E-state index >= 15 is 0 Å². The number of likely N-dealkylation sites (N-methyl/N-ethyl adjacent to an activating group) is 1. The third-order valence-electron chi connectivity index (χ3n) is 12.5. The van der Waals surface area contributed by atoms with Crippen LogP contribution in [0.5, 0.6) is 0 Å². The maximum Gasteiger partial charge on any atom is 0.407 e. The van der Waals surface area contributed by atoms with Crippen LogP contribution in [0.1, 0.15) is 86.9 Å². The number of aromatic amines is 2. The molecule has 2 aliphatic heterocycles. The first-order valence-electron chi connectivity index (χ1n) is 22.0. The Kier molecular flexibility index (Phi) is 13.4. The van der Waals surface area contributed by atoms with Crippen molar-refractivity contribution in [2.75, 3.05) is 33.3 Å². The molecule has 0 spiro atoms. The van der Waals surface area contributed by atoms with Gasteiger partial charge in [-0.05, 0) is 84.6 Å². The zero-order valence-electron chi connectivity index (χ0n) is 36.1. The van der Waals surface area contributed by atoms with Crippen LogP contribution < -0.4 is 5.32 Å². The Balaban J connectivity index is 0.908. The molecule has 2 fully saturated rings. The molecule has 326 valence electrons. The lowest BCUT2D eigenvalue weighted by atomic mass is 10.0. The van der Waals surface area contributed by atoms with Crippen molar-refractivity contribution in [2.24, 2.45) is 0 Å². The summed E-state index contributed by atoms with van der Waals surface area (Å²) in [6, 6.07) is 31.8. The largest absolute Gasteiger partial charge is 0.453 e. The molecule has 2 saturated heterocycles. The summed E-state index contributed by atoms with van der Waals surface area (Å²) in [5.74, 6) is 1.10. The van der Waals surface area contributed by atoms with Crippen LogP contribution >= 0.6 is 0 Å². The van der Waals surface area contributed by atoms with Crippen LogP contribution in [0.25, 0.3) is 33.6 Å². The van der Waals surface area contributed by atoms with Crippen molar-refractivity contribution in [1.29, 1.82) is 0 Å². The Labute approximate surface area is 367 Å². The lowest BCUT2D eigenvalue weighted by Crippen LogP contribution is -2.43. The summed E-state index contributed by atoms with van der Waals surface area (Å²) in [5.41, 5.74) is 7.30. The molecular weight excluding hydrogens is 796 g/mol. The number of halogens is 1. The van der Waals surface area contributed by atoms with E-state index < -0.39 is 12.1 Å². The van der Waals surface area contributed by atoms with E-state index in [4.69, 9.17) is 14.7 Å². The van der Waals surface area contributed by atoms with Gasteiger partial charge in [0.15, 0.2) is 0 Å². The van der Waals surface area contributed by atoms with Gasteiger partial charge in [-0.1, -0.05) is 111 Å². The second-order valence-corrected chi connectivity index (χ2v) is 16.3. The van der Waals surface area contributed by atoms with Crippen LogP contribution in [0.15, 0.2) is 116 Å². The Morgan fingerprint density at radius 2 is 1.27 bits per heavy atom. The number of methoxy groups -OCH3 is 1. The van der Waals surface area contributed by atoms with Gasteiger partial charge >= 0.3 is 6.09 Å². The second-order valence-electron chi connectivity index (χ2n) is 16.3. The highest BCUT2D eigenvalue weighted by molar-refractivity contribution is 5.84. The summed E-state index contributed by atoms with van der Waals surface area (Å²) in [6.07, 6.45) is 6.50. The van der Waals surface area contributed by atoms with E-state index in [2.05, 4.69) is 82.6 Å². The molecule has 1 unspecified atom stereocenters. The zero-order valence-corrected chi connectivity index (χ0v) is 36.1. The van der Waals surface area contributed by atoms with Crippen molar-refractivity contribution < 1.29 is 23.5 Å². The number of benzene rings is 4. The maximum absolute atomic E-state index is 14.5. The highest BCUT2D eigenvalue weighted by atomic mass is 19.1. The number of imidazole rings is 2. The molecule has 13 heteroatoms. The van der Waals surface area contributed by atoms with Crippen molar-refractivity contribution in [2.45, 2.75) is 76.5 Å². The summed E-state index contributed by atoms with van der Waals surface area (Å²) >= 11 is 0. The number of H-pyrrole nitrogens is 2. The Bertz CT molecular complexity index is 2480. The van der Waals surface area contributed by atoms with Crippen molar-refractivity contribution >= 4 is 17.9 Å². The number of nitrogens with one attached hydrogen (secondary N) is 3. The number of amides is 3. The predicted molar refractivity (Wildman–Crippen MR) is 241 cm³/mol. The fourth-order valence-electron chi connectivity index (χ4n) is 9.20. The number of ether oxygens (including phenoxy) is 1. The van der Waals surface area contributed by atoms with E-state index in [0.29, 0.717) is 24.5 Å². The van der Waals surface area contributed by atoms with Gasteiger partial charge in [0, 0.05) is 25.6 Å². The molecule has 2 aliphatic rings. The Morgan fingerprint density at radius 3 is 1.83 bits per heavy atom. The number of hydrogen-bond donors (Lipinski definition) is 3. The molecule has 4 heterocycles. The van der Waals surface area contributed by atoms with E-state index in [1.54, 1.807) is 29.3 Å². The van der Waals surface area contributed by atoms with Crippen molar-refractivity contribution in [1.82, 2.24) is 40.0 Å². The number of rotatable bonds is 15. The Morgan fingerprint density at radius 1 is 0.746 bits per heavy atom. The minimum absolute atomic E-state index is 0.00636. The molecule has 12 nitrogen and oxygen atoms in total. The molecule has 2 aromatic heterocycles. The molecule has 0 saturated carbocycles. The van der Waals surface area contributed by atoms with Gasteiger partial charge in [-0.2, -0.15) is 0 Å². The van der Waals surface area contributed by atoms with Gasteiger partial charge in [0.2, 0.25) is 11.8 Å². The summed E-state index contributed by atoms with van der Waals surface area (Å²) in [4.78, 5) is 62.7. The van der Waals surface area contributed by atoms with Crippen LogP contribution in [0.2, 0.25) is 0 Å². The van der Waals surface area contributed by atoms with E-state index in [1.807, 2.05) is 41.4 Å². The third kappa shape index (κ3) is 9.58. The average Bonchev–Trinajstić information content (AvgIpc) is 4.17. The molecule has 0 radical (unpaired) electrons. The lowest BCUT2D eigenvalue weighted by molar-refractivity contribution is -0.138. The molecule has 3 N–H and O–H groups in total. The van der Waals surface area contributed by atoms with Crippen LogP contribution in [-0.4, -0.2) is 91.9 Å². The standard InChI is InChI=1S/C50H55FN8O4/c1-4-57(5-2)46(37-13-7-6-8-14-37)49(61)59-28-12-18-44(59)48-53-32-42(56-48)36-25-21-34(22-26-36)33-19-23-35(24-20-33)41-31-52-47(55-41)43-17-11-27-58(43)45(60)30-39(54-50(62)63-3)29-38-15-9-10-16-40(38)51/h6-10,13-16,19-26,31-32,39,43-44,46H,4-5,11-12,17-18,27-30H2,1-3H3,(H,52,55)(H,53,56)(H,54,62)/t39-,43+,44+,46?/m1/s1. The second kappa shape index (κ2) is 19.6. The van der Waals surface area contributed by atoms with Crippen molar-refractivity contribution in [3.05, 3.63) is 144 Å². The SMILES string of the molecule is CCN(CC)C(C(=O)N1CCC[C@H]1c1ncc(-c2ccc(-c3ccc(-c4cnc([C@@H]5CCCN5C(=O)C[C@@H](Cc5ccccc5F)NC(=O)OC)[nH]4)cc3)cc2)[nH]1)c1ccccc1. The first-order valence-corrected chi connectivity index (χ1v) is 22.0. The molecule has 8 rings (SSSR count). The predicted octanol–water partition coefficient (Wildman–Crippen LogP) is 9.04. The summed E-state index contributed by atoms with van der Waals surface area (Å²) < 4.78 is 19.3. The fraction of sp³-hybridized carbons (Fsp3) is 0.340. The zero-order chi connectivity index (χ0) is 43.9. The number of likely N-dealkylation sites (tertiary alicyclic amines) is 2. The maximum atomic E-state index is 14.5. The van der Waals surface area contributed by atoms with Gasteiger partial charge in [-0.15, -0.1) is 0 Å². The van der Waals surface area contributed by atoms with Crippen LogP contribution in [0.3, 0.4) is 0 Å². The number of nitrogens with zero attached hydrogens (tertiary/aromatic N) is 5. The molecule has 4 atom stereocenters. The fourth-order valence-corrected chi connectivity index (χ4v) is 9.20. The van der Waals surface area contributed by atoms with Crippen LogP contribution in [0.4, 0.5) is 9.18 Å². The number of aromatic nitrogens is 4. The van der Waals surface area contributed by atoms with Crippen LogP contribution in [0, 0.1) is 5.82 Å².